The molecule has 2 aromatic rings. The Bertz CT molecular complexity index is 765. The highest BCUT2D eigenvalue weighted by Crippen LogP contribution is 2.29. The van der Waals surface area contributed by atoms with E-state index in [0.29, 0.717) is 10.6 Å². The van der Waals surface area contributed by atoms with Gasteiger partial charge < -0.3 is 15.2 Å². The molecule has 0 saturated carbocycles. The van der Waals surface area contributed by atoms with Crippen molar-refractivity contribution in [3.8, 4) is 0 Å². The highest BCUT2D eigenvalue weighted by molar-refractivity contribution is 7.16. The van der Waals surface area contributed by atoms with Gasteiger partial charge in [-0.05, 0) is 12.5 Å². The molecule has 0 bridgehead atoms. The summed E-state index contributed by atoms with van der Waals surface area (Å²) in [5.74, 6) is -1.88. The van der Waals surface area contributed by atoms with Gasteiger partial charge in [-0.25, -0.2) is 4.79 Å². The quantitative estimate of drug-likeness (QED) is 0.738. The van der Waals surface area contributed by atoms with E-state index in [-0.39, 0.29) is 18.5 Å². The zero-order valence-corrected chi connectivity index (χ0v) is 14.1. The van der Waals surface area contributed by atoms with Gasteiger partial charge in [0.1, 0.15) is 5.00 Å². The summed E-state index contributed by atoms with van der Waals surface area (Å²) in [6.07, 6.45) is 3.46. The molecule has 2 rings (SSSR count). The summed E-state index contributed by atoms with van der Waals surface area (Å²) in [5, 5.41) is 15.7. The van der Waals surface area contributed by atoms with E-state index in [4.69, 9.17) is 9.84 Å². The van der Waals surface area contributed by atoms with Crippen molar-refractivity contribution in [1.82, 2.24) is 9.78 Å². The van der Waals surface area contributed by atoms with Crippen molar-refractivity contribution in [1.29, 1.82) is 0 Å². The van der Waals surface area contributed by atoms with Crippen LogP contribution >= 0.6 is 11.3 Å². The van der Waals surface area contributed by atoms with Crippen LogP contribution in [-0.4, -0.2) is 39.8 Å². The molecule has 9 heteroatoms. The third-order valence-electron chi connectivity index (χ3n) is 3.21. The number of carboxylic acid groups (broad SMARTS) is 1. The van der Waals surface area contributed by atoms with Crippen LogP contribution < -0.4 is 5.32 Å². The van der Waals surface area contributed by atoms with E-state index in [2.05, 4.69) is 10.4 Å². The van der Waals surface area contributed by atoms with Crippen LogP contribution in [0.3, 0.4) is 0 Å². The van der Waals surface area contributed by atoms with Gasteiger partial charge in [0.05, 0.1) is 37.4 Å². The molecular formula is C15H17N3O5S. The zero-order chi connectivity index (χ0) is 17.7. The first-order valence-corrected chi connectivity index (χ1v) is 8.02. The molecule has 0 aliphatic carbocycles. The summed E-state index contributed by atoms with van der Waals surface area (Å²) >= 11 is 1.31. The average Bonchev–Trinajstić information content (AvgIpc) is 3.19. The van der Waals surface area contributed by atoms with Gasteiger partial charge in [-0.1, -0.05) is 6.92 Å². The molecule has 0 saturated heterocycles. The van der Waals surface area contributed by atoms with Gasteiger partial charge >= 0.3 is 11.9 Å². The Morgan fingerprint density at radius 2 is 2.17 bits per heavy atom. The lowest BCUT2D eigenvalue weighted by atomic mass is 10.2. The molecule has 0 atom stereocenters. The lowest BCUT2D eigenvalue weighted by molar-refractivity contribution is -0.137. The van der Waals surface area contributed by atoms with E-state index in [9.17, 15) is 14.4 Å². The van der Waals surface area contributed by atoms with Gasteiger partial charge in [-0.15, -0.1) is 11.3 Å². The maximum atomic E-state index is 12.3. The number of thiophene rings is 1. The van der Waals surface area contributed by atoms with Crippen LogP contribution in [0.15, 0.2) is 18.5 Å². The molecule has 2 heterocycles. The van der Waals surface area contributed by atoms with Crippen molar-refractivity contribution in [2.75, 3.05) is 12.4 Å². The number of aromatic nitrogens is 2. The molecule has 24 heavy (non-hydrogen) atoms. The van der Waals surface area contributed by atoms with Crippen LogP contribution in [0, 0.1) is 0 Å². The number of esters is 1. The van der Waals surface area contributed by atoms with E-state index in [0.717, 1.165) is 11.3 Å². The number of hydrogen-bond acceptors (Lipinski definition) is 6. The molecule has 2 N–H and O–H groups in total. The molecule has 1 amide bonds. The fourth-order valence-corrected chi connectivity index (χ4v) is 2.94. The molecule has 0 aliphatic rings. The topological polar surface area (TPSA) is 111 Å². The number of nitrogens with zero attached hydrogens (tertiary/aromatic N) is 2. The van der Waals surface area contributed by atoms with Crippen LogP contribution in [0.2, 0.25) is 0 Å². The van der Waals surface area contributed by atoms with Crippen molar-refractivity contribution in [2.24, 2.45) is 0 Å². The Morgan fingerprint density at radius 1 is 1.42 bits per heavy atom. The first-order valence-electron chi connectivity index (χ1n) is 7.21. The minimum absolute atomic E-state index is 0.0833. The summed E-state index contributed by atoms with van der Waals surface area (Å²) in [7, 11) is 1.28. The maximum Gasteiger partial charge on any atom is 0.340 e. The second-order valence-corrected chi connectivity index (χ2v) is 6.03. The number of aliphatic carboxylic acids is 1. The average molecular weight is 351 g/mol. The predicted octanol–water partition coefficient (Wildman–Crippen LogP) is 2.02. The number of ether oxygens (including phenoxy) is 1. The number of carbonyl (C=O) groups is 3. The second kappa shape index (κ2) is 7.73. The summed E-state index contributed by atoms with van der Waals surface area (Å²) in [4.78, 5) is 35.6. The molecule has 0 radical (unpaired) electrons. The minimum Gasteiger partial charge on any atom is -0.481 e. The van der Waals surface area contributed by atoms with Crippen molar-refractivity contribution in [3.63, 3.8) is 0 Å². The number of nitrogens with one attached hydrogen (secondary N) is 1. The maximum absolute atomic E-state index is 12.3. The highest BCUT2D eigenvalue weighted by atomic mass is 32.1. The van der Waals surface area contributed by atoms with Crippen LogP contribution in [0.4, 0.5) is 5.00 Å². The first-order chi connectivity index (χ1) is 11.4. The standard InChI is InChI=1S/C15H17N3O5S/c1-3-10-6-11(15(22)23-2)14(24-10)17-13(21)9-7-16-18(8-9)5-4-12(19)20/h6-8H,3-5H2,1-2H3,(H,17,21)(H,19,20). The van der Waals surface area contributed by atoms with Crippen LogP contribution in [0.25, 0.3) is 0 Å². The van der Waals surface area contributed by atoms with Crippen LogP contribution in [0.1, 0.15) is 38.9 Å². The summed E-state index contributed by atoms with van der Waals surface area (Å²) in [5.41, 5.74) is 0.591. The SMILES string of the molecule is CCc1cc(C(=O)OC)c(NC(=O)c2cnn(CCC(=O)O)c2)s1. The number of anilines is 1. The number of carbonyl (C=O) groups excluding carboxylic acids is 2. The normalized spacial score (nSPS) is 10.4. The number of amides is 1. The van der Waals surface area contributed by atoms with Crippen molar-refractivity contribution < 1.29 is 24.2 Å². The second-order valence-electron chi connectivity index (χ2n) is 4.89. The number of rotatable bonds is 7. The Balaban J connectivity index is 2.13. The molecule has 0 unspecified atom stereocenters. The molecular weight excluding hydrogens is 334 g/mol. The molecule has 0 fully saturated rings. The molecule has 0 spiro atoms. The Labute approximate surface area is 142 Å². The summed E-state index contributed by atoms with van der Waals surface area (Å²) < 4.78 is 6.11. The van der Waals surface area contributed by atoms with E-state index in [1.165, 1.54) is 35.5 Å². The largest absolute Gasteiger partial charge is 0.481 e. The van der Waals surface area contributed by atoms with Gasteiger partial charge in [0, 0.05) is 11.1 Å². The van der Waals surface area contributed by atoms with Gasteiger partial charge in [0.2, 0.25) is 0 Å². The fourth-order valence-electron chi connectivity index (χ4n) is 1.96. The van der Waals surface area contributed by atoms with E-state index in [1.807, 2.05) is 6.92 Å². The summed E-state index contributed by atoms with van der Waals surface area (Å²) in [6, 6.07) is 1.70. The molecule has 2 aromatic heterocycles. The number of methoxy groups -OCH3 is 1. The minimum atomic E-state index is -0.940. The third-order valence-corrected chi connectivity index (χ3v) is 4.41. The molecule has 8 nitrogen and oxygen atoms in total. The first kappa shape index (κ1) is 17.7. The van der Waals surface area contributed by atoms with E-state index in [1.54, 1.807) is 6.07 Å². The van der Waals surface area contributed by atoms with Crippen molar-refractivity contribution >= 4 is 34.2 Å². The van der Waals surface area contributed by atoms with Gasteiger partial charge in [0.25, 0.3) is 5.91 Å². The lowest BCUT2D eigenvalue weighted by Gasteiger charge is -2.03. The van der Waals surface area contributed by atoms with Gasteiger partial charge in [0.15, 0.2) is 0 Å². The monoisotopic (exact) mass is 351 g/mol. The zero-order valence-electron chi connectivity index (χ0n) is 13.2. The molecule has 0 aromatic carbocycles. The van der Waals surface area contributed by atoms with Crippen LogP contribution in [-0.2, 0) is 22.5 Å². The fraction of sp³-hybridized carbons (Fsp3) is 0.333. The smallest absolute Gasteiger partial charge is 0.340 e. The molecule has 0 aliphatic heterocycles. The van der Waals surface area contributed by atoms with Crippen molar-refractivity contribution in [3.05, 3.63) is 34.5 Å². The van der Waals surface area contributed by atoms with Gasteiger partial charge in [-0.2, -0.15) is 5.10 Å². The highest BCUT2D eigenvalue weighted by Gasteiger charge is 2.19. The third kappa shape index (κ3) is 4.19. The van der Waals surface area contributed by atoms with E-state index < -0.39 is 17.8 Å². The predicted molar refractivity (Wildman–Crippen MR) is 87.5 cm³/mol. The molecule has 128 valence electrons. The number of aryl methyl sites for hydroxylation is 2. The van der Waals surface area contributed by atoms with Crippen molar-refractivity contribution in [2.45, 2.75) is 26.3 Å². The Morgan fingerprint density at radius 3 is 2.79 bits per heavy atom. The number of carboxylic acids is 1. The Kier molecular flexibility index (Phi) is 5.69. The number of hydrogen-bond donors (Lipinski definition) is 2. The summed E-state index contributed by atoms with van der Waals surface area (Å²) in [6.45, 7) is 2.12. The lowest BCUT2D eigenvalue weighted by Crippen LogP contribution is -2.13. The van der Waals surface area contributed by atoms with Crippen LogP contribution in [0.5, 0.6) is 0 Å². The Hall–Kier alpha value is -2.68. The van der Waals surface area contributed by atoms with E-state index >= 15 is 0 Å². The van der Waals surface area contributed by atoms with Gasteiger partial charge in [-0.3, -0.25) is 14.3 Å².